The number of piperidine rings is 2. The first kappa shape index (κ1) is 10.0. The van der Waals surface area contributed by atoms with Gasteiger partial charge < -0.3 is 10.2 Å². The van der Waals surface area contributed by atoms with Gasteiger partial charge >= 0.3 is 0 Å². The van der Waals surface area contributed by atoms with Crippen LogP contribution in [0.3, 0.4) is 0 Å². The van der Waals surface area contributed by atoms with Crippen LogP contribution >= 0.6 is 0 Å². The summed E-state index contributed by atoms with van der Waals surface area (Å²) < 4.78 is 0. The molecule has 0 amide bonds. The minimum Gasteiger partial charge on any atom is -0.317 e. The van der Waals surface area contributed by atoms with Crippen molar-refractivity contribution < 1.29 is 10.1 Å². The molecule has 1 aliphatic carbocycles. The highest BCUT2D eigenvalue weighted by Crippen LogP contribution is 2.47. The first-order valence-corrected chi connectivity index (χ1v) is 6.12. The van der Waals surface area contributed by atoms with Gasteiger partial charge in [-0.15, -0.1) is 0 Å². The van der Waals surface area contributed by atoms with Crippen LogP contribution in [0.25, 0.3) is 0 Å². The van der Waals surface area contributed by atoms with E-state index in [-0.39, 0.29) is 6.10 Å². The molecular formula is C11H20N2O2. The van der Waals surface area contributed by atoms with Crippen LogP contribution in [-0.2, 0) is 4.89 Å². The van der Waals surface area contributed by atoms with Crippen LogP contribution in [-0.4, -0.2) is 49.0 Å². The second-order valence-electron chi connectivity index (χ2n) is 5.31. The zero-order valence-electron chi connectivity index (χ0n) is 9.06. The highest BCUT2D eigenvalue weighted by molar-refractivity contribution is 5.06. The predicted molar refractivity (Wildman–Crippen MR) is 56.5 cm³/mol. The standard InChI is InChI=1S/C11H20N2O2/c14-15-11-9-6-13(7-10(9)11)5-8-1-3-12-4-2-8/h8-12,14H,1-7H2. The second-order valence-corrected chi connectivity index (χ2v) is 5.31. The SMILES string of the molecule is OOC1C2CN(CC3CCNCC3)CC21. The smallest absolute Gasteiger partial charge is 0.102 e. The third kappa shape index (κ3) is 1.91. The van der Waals surface area contributed by atoms with Crippen molar-refractivity contribution in [2.24, 2.45) is 17.8 Å². The summed E-state index contributed by atoms with van der Waals surface area (Å²) in [5.41, 5.74) is 0. The van der Waals surface area contributed by atoms with Gasteiger partial charge in [0.2, 0.25) is 0 Å². The van der Waals surface area contributed by atoms with Crippen molar-refractivity contribution in [1.82, 2.24) is 10.2 Å². The Morgan fingerprint density at radius 3 is 2.47 bits per heavy atom. The molecule has 4 nitrogen and oxygen atoms in total. The van der Waals surface area contributed by atoms with E-state index in [9.17, 15) is 0 Å². The first-order valence-electron chi connectivity index (χ1n) is 6.12. The molecule has 2 unspecified atom stereocenters. The summed E-state index contributed by atoms with van der Waals surface area (Å²) in [7, 11) is 0. The molecule has 0 aromatic heterocycles. The maximum Gasteiger partial charge on any atom is 0.102 e. The minimum atomic E-state index is 0.161. The van der Waals surface area contributed by atoms with Gasteiger partial charge in [-0.05, 0) is 31.8 Å². The molecule has 3 rings (SSSR count). The van der Waals surface area contributed by atoms with Crippen molar-refractivity contribution in [3.05, 3.63) is 0 Å². The maximum atomic E-state index is 8.59. The molecule has 1 saturated carbocycles. The third-order valence-corrected chi connectivity index (χ3v) is 4.29. The fourth-order valence-electron chi connectivity index (χ4n) is 3.29. The Kier molecular flexibility index (Phi) is 2.68. The Balaban J connectivity index is 1.43. The van der Waals surface area contributed by atoms with Crippen molar-refractivity contribution in [2.45, 2.75) is 18.9 Å². The Labute approximate surface area is 90.5 Å². The number of hydrogen-bond acceptors (Lipinski definition) is 4. The van der Waals surface area contributed by atoms with Crippen molar-refractivity contribution in [1.29, 1.82) is 0 Å². The predicted octanol–water partition coefficient (Wildman–Crippen LogP) is 0.406. The molecular weight excluding hydrogens is 192 g/mol. The fourth-order valence-corrected chi connectivity index (χ4v) is 3.29. The van der Waals surface area contributed by atoms with E-state index in [0.29, 0.717) is 11.8 Å². The molecule has 0 radical (unpaired) electrons. The molecule has 4 heteroatoms. The Morgan fingerprint density at radius 2 is 1.87 bits per heavy atom. The van der Waals surface area contributed by atoms with Crippen molar-refractivity contribution in [3.8, 4) is 0 Å². The van der Waals surface area contributed by atoms with Crippen LogP contribution in [0, 0.1) is 17.8 Å². The summed E-state index contributed by atoms with van der Waals surface area (Å²) >= 11 is 0. The topological polar surface area (TPSA) is 44.7 Å². The van der Waals surface area contributed by atoms with E-state index in [0.717, 1.165) is 19.0 Å². The molecule has 0 bridgehead atoms. The summed E-state index contributed by atoms with van der Waals surface area (Å²) in [6, 6.07) is 0. The minimum absolute atomic E-state index is 0.161. The van der Waals surface area contributed by atoms with E-state index in [4.69, 9.17) is 5.26 Å². The normalized spacial score (nSPS) is 41.8. The highest BCUT2D eigenvalue weighted by atomic mass is 17.1. The zero-order chi connectivity index (χ0) is 10.3. The van der Waals surface area contributed by atoms with Gasteiger partial charge in [-0.3, -0.25) is 5.26 Å². The lowest BCUT2D eigenvalue weighted by Crippen LogP contribution is -2.36. The van der Waals surface area contributed by atoms with Crippen LogP contribution < -0.4 is 5.32 Å². The van der Waals surface area contributed by atoms with Crippen LogP contribution in [0.5, 0.6) is 0 Å². The maximum absolute atomic E-state index is 8.59. The number of nitrogens with one attached hydrogen (secondary N) is 1. The second kappa shape index (κ2) is 4.01. The highest BCUT2D eigenvalue weighted by Gasteiger charge is 2.57. The van der Waals surface area contributed by atoms with E-state index in [1.807, 2.05) is 0 Å². The van der Waals surface area contributed by atoms with E-state index in [2.05, 4.69) is 15.1 Å². The van der Waals surface area contributed by atoms with Gasteiger partial charge in [-0.2, -0.15) is 0 Å². The molecule has 2 atom stereocenters. The van der Waals surface area contributed by atoms with Crippen LogP contribution in [0.1, 0.15) is 12.8 Å². The monoisotopic (exact) mass is 212 g/mol. The third-order valence-electron chi connectivity index (χ3n) is 4.29. The number of likely N-dealkylation sites (tertiary alicyclic amines) is 1. The number of fused-ring (bicyclic) bond motifs is 1. The lowest BCUT2D eigenvalue weighted by molar-refractivity contribution is -0.261. The van der Waals surface area contributed by atoms with Crippen molar-refractivity contribution in [3.63, 3.8) is 0 Å². The number of rotatable bonds is 3. The van der Waals surface area contributed by atoms with Gasteiger partial charge in [0.25, 0.3) is 0 Å². The Bertz CT molecular complexity index is 219. The molecule has 0 aromatic carbocycles. The number of nitrogens with zero attached hydrogens (tertiary/aromatic N) is 1. The van der Waals surface area contributed by atoms with Gasteiger partial charge in [-0.25, -0.2) is 4.89 Å². The summed E-state index contributed by atoms with van der Waals surface area (Å²) in [6.07, 6.45) is 2.81. The Morgan fingerprint density at radius 1 is 1.20 bits per heavy atom. The van der Waals surface area contributed by atoms with Gasteiger partial charge in [0, 0.05) is 31.5 Å². The molecule has 2 heterocycles. The molecule has 2 saturated heterocycles. The molecule has 3 fully saturated rings. The van der Waals surface area contributed by atoms with E-state index in [1.54, 1.807) is 0 Å². The van der Waals surface area contributed by atoms with Crippen LogP contribution in [0.15, 0.2) is 0 Å². The first-order chi connectivity index (χ1) is 7.38. The largest absolute Gasteiger partial charge is 0.317 e. The van der Waals surface area contributed by atoms with Crippen molar-refractivity contribution >= 4 is 0 Å². The fraction of sp³-hybridized carbons (Fsp3) is 1.00. The molecule has 15 heavy (non-hydrogen) atoms. The molecule has 0 spiro atoms. The van der Waals surface area contributed by atoms with Crippen LogP contribution in [0.2, 0.25) is 0 Å². The Hall–Kier alpha value is -0.160. The van der Waals surface area contributed by atoms with Gasteiger partial charge in [-0.1, -0.05) is 0 Å². The average molecular weight is 212 g/mol. The van der Waals surface area contributed by atoms with Crippen molar-refractivity contribution in [2.75, 3.05) is 32.7 Å². The van der Waals surface area contributed by atoms with Gasteiger partial charge in [0.05, 0.1) is 0 Å². The zero-order valence-corrected chi connectivity index (χ0v) is 9.06. The number of hydrogen-bond donors (Lipinski definition) is 2. The molecule has 2 aliphatic heterocycles. The van der Waals surface area contributed by atoms with E-state index in [1.165, 1.54) is 32.5 Å². The van der Waals surface area contributed by atoms with Gasteiger partial charge in [0.15, 0.2) is 0 Å². The van der Waals surface area contributed by atoms with E-state index >= 15 is 0 Å². The average Bonchev–Trinajstić information content (AvgIpc) is 2.75. The lowest BCUT2D eigenvalue weighted by Gasteiger charge is -2.28. The summed E-state index contributed by atoms with van der Waals surface area (Å²) in [6.45, 7) is 5.91. The van der Waals surface area contributed by atoms with E-state index < -0.39 is 0 Å². The molecule has 2 N–H and O–H groups in total. The molecule has 0 aromatic rings. The van der Waals surface area contributed by atoms with Gasteiger partial charge in [0.1, 0.15) is 6.10 Å². The summed E-state index contributed by atoms with van der Waals surface area (Å²) in [4.78, 5) is 6.99. The quantitative estimate of drug-likeness (QED) is 0.525. The lowest BCUT2D eigenvalue weighted by atomic mass is 9.97. The summed E-state index contributed by atoms with van der Waals surface area (Å²) in [5, 5.41) is 12.0. The van der Waals surface area contributed by atoms with Crippen LogP contribution in [0.4, 0.5) is 0 Å². The molecule has 3 aliphatic rings. The summed E-state index contributed by atoms with van der Waals surface area (Å²) in [5.74, 6) is 2.13. The molecule has 86 valence electrons.